The number of fused-ring (bicyclic) bond motifs is 2. The largest absolute Gasteiger partial charge is 0.486 e. The maximum atomic E-state index is 13.2. The fourth-order valence-electron chi connectivity index (χ4n) is 3.28. The number of hydrogen-bond acceptors (Lipinski definition) is 5. The first-order chi connectivity index (χ1) is 12.6. The van der Waals surface area contributed by atoms with Crippen molar-refractivity contribution in [2.45, 2.75) is 18.3 Å². The Hall–Kier alpha value is -2.67. The van der Waals surface area contributed by atoms with E-state index in [0.29, 0.717) is 29.8 Å². The van der Waals surface area contributed by atoms with Gasteiger partial charge in [-0.3, -0.25) is 4.79 Å². The summed E-state index contributed by atoms with van der Waals surface area (Å²) in [5, 5.41) is 3.47. The number of carbonyl (C=O) groups is 1. The third-order valence-electron chi connectivity index (χ3n) is 4.85. The predicted molar refractivity (Wildman–Crippen MR) is 96.6 cm³/mol. The van der Waals surface area contributed by atoms with Crippen molar-refractivity contribution in [2.24, 2.45) is 0 Å². The molecule has 3 aromatic rings. The van der Waals surface area contributed by atoms with Crippen molar-refractivity contribution in [1.82, 2.24) is 4.98 Å². The van der Waals surface area contributed by atoms with Crippen LogP contribution in [-0.2, 0) is 10.2 Å². The molecule has 0 radical (unpaired) electrons. The molecule has 2 heterocycles. The fourth-order valence-corrected chi connectivity index (χ4v) is 4.15. The van der Waals surface area contributed by atoms with Gasteiger partial charge in [0.25, 0.3) is 0 Å². The van der Waals surface area contributed by atoms with Gasteiger partial charge in [0, 0.05) is 12.1 Å². The van der Waals surface area contributed by atoms with Crippen LogP contribution in [0.3, 0.4) is 0 Å². The molecular formula is C19H15FN2O3S. The van der Waals surface area contributed by atoms with Gasteiger partial charge in [-0.2, -0.15) is 0 Å². The molecule has 1 saturated carbocycles. The Balaban J connectivity index is 1.42. The zero-order chi connectivity index (χ0) is 17.7. The van der Waals surface area contributed by atoms with E-state index in [1.807, 2.05) is 12.1 Å². The molecule has 1 N–H and O–H groups in total. The van der Waals surface area contributed by atoms with Crippen LogP contribution in [0.25, 0.3) is 10.2 Å². The van der Waals surface area contributed by atoms with Crippen LogP contribution in [0.1, 0.15) is 18.4 Å². The molecule has 0 saturated heterocycles. The van der Waals surface area contributed by atoms with Crippen LogP contribution in [0.4, 0.5) is 9.52 Å². The summed E-state index contributed by atoms with van der Waals surface area (Å²) in [5.74, 6) is 0.983. The molecule has 0 atom stereocenters. The summed E-state index contributed by atoms with van der Waals surface area (Å²) in [6.07, 6.45) is 1.51. The molecule has 1 amide bonds. The van der Waals surface area contributed by atoms with Crippen LogP contribution < -0.4 is 14.8 Å². The monoisotopic (exact) mass is 370 g/mol. The van der Waals surface area contributed by atoms with E-state index in [1.54, 1.807) is 12.1 Å². The number of nitrogens with one attached hydrogen (secondary N) is 1. The van der Waals surface area contributed by atoms with Crippen LogP contribution in [0.2, 0.25) is 0 Å². The van der Waals surface area contributed by atoms with E-state index in [0.717, 1.165) is 28.6 Å². The Morgan fingerprint density at radius 1 is 1.12 bits per heavy atom. The molecule has 5 rings (SSSR count). The normalized spacial score (nSPS) is 17.1. The Kier molecular flexibility index (Phi) is 3.40. The highest BCUT2D eigenvalue weighted by Crippen LogP contribution is 2.49. The summed E-state index contributed by atoms with van der Waals surface area (Å²) in [5.41, 5.74) is 1.03. The SMILES string of the molecule is O=C(Nc1nc2cc3c(cc2s1)OCCO3)C1(c2ccc(F)cc2)CC1. The second-order valence-corrected chi connectivity index (χ2v) is 7.56. The first-order valence-electron chi connectivity index (χ1n) is 8.42. The molecule has 1 fully saturated rings. The summed E-state index contributed by atoms with van der Waals surface area (Å²) >= 11 is 1.40. The molecule has 7 heteroatoms. The smallest absolute Gasteiger partial charge is 0.236 e. The maximum absolute atomic E-state index is 13.2. The highest BCUT2D eigenvalue weighted by molar-refractivity contribution is 7.22. The van der Waals surface area contributed by atoms with E-state index in [2.05, 4.69) is 10.3 Å². The van der Waals surface area contributed by atoms with Crippen LogP contribution in [0.5, 0.6) is 11.5 Å². The van der Waals surface area contributed by atoms with E-state index in [1.165, 1.54) is 23.5 Å². The van der Waals surface area contributed by atoms with Crippen molar-refractivity contribution in [3.05, 3.63) is 47.8 Å². The lowest BCUT2D eigenvalue weighted by atomic mass is 9.95. The number of ether oxygens (including phenoxy) is 2. The van der Waals surface area contributed by atoms with Crippen LogP contribution in [0.15, 0.2) is 36.4 Å². The molecule has 132 valence electrons. The van der Waals surface area contributed by atoms with Gasteiger partial charge in [-0.1, -0.05) is 23.5 Å². The second kappa shape index (κ2) is 5.67. The van der Waals surface area contributed by atoms with Gasteiger partial charge in [-0.05, 0) is 30.5 Å². The van der Waals surface area contributed by atoms with Gasteiger partial charge < -0.3 is 14.8 Å². The lowest BCUT2D eigenvalue weighted by molar-refractivity contribution is -0.118. The third-order valence-corrected chi connectivity index (χ3v) is 5.79. The quantitative estimate of drug-likeness (QED) is 0.760. The lowest BCUT2D eigenvalue weighted by Crippen LogP contribution is -2.27. The standard InChI is InChI=1S/C19H15FN2O3S/c20-12-3-1-11(2-4-12)19(5-6-19)17(23)22-18-21-13-9-14-15(10-16(13)26-18)25-8-7-24-14/h1-4,9-10H,5-8H2,(H,21,22,23). The second-order valence-electron chi connectivity index (χ2n) is 6.53. The van der Waals surface area contributed by atoms with Crippen LogP contribution in [0, 0.1) is 5.82 Å². The Labute approximate surface area is 152 Å². The molecule has 2 aromatic carbocycles. The number of anilines is 1. The average Bonchev–Trinajstić information content (AvgIpc) is 3.36. The molecule has 2 aliphatic rings. The van der Waals surface area contributed by atoms with Crippen molar-refractivity contribution in [3.8, 4) is 11.5 Å². The van der Waals surface area contributed by atoms with Crippen molar-refractivity contribution in [2.75, 3.05) is 18.5 Å². The number of carbonyl (C=O) groups excluding carboxylic acids is 1. The first-order valence-corrected chi connectivity index (χ1v) is 9.23. The van der Waals surface area contributed by atoms with Crippen LogP contribution >= 0.6 is 11.3 Å². The summed E-state index contributed by atoms with van der Waals surface area (Å²) in [4.78, 5) is 17.3. The van der Waals surface area contributed by atoms with Gasteiger partial charge in [0.1, 0.15) is 19.0 Å². The Morgan fingerprint density at radius 2 is 1.81 bits per heavy atom. The number of thiazole rings is 1. The van der Waals surface area contributed by atoms with E-state index >= 15 is 0 Å². The summed E-state index contributed by atoms with van der Waals surface area (Å²) in [6, 6.07) is 9.88. The highest BCUT2D eigenvalue weighted by atomic mass is 32.1. The van der Waals surface area contributed by atoms with Crippen molar-refractivity contribution in [3.63, 3.8) is 0 Å². The van der Waals surface area contributed by atoms with Gasteiger partial charge >= 0.3 is 0 Å². The molecule has 1 aromatic heterocycles. The Morgan fingerprint density at radius 3 is 2.50 bits per heavy atom. The van der Waals surface area contributed by atoms with Crippen LogP contribution in [-0.4, -0.2) is 24.1 Å². The first kappa shape index (κ1) is 15.6. The van der Waals surface area contributed by atoms with Gasteiger partial charge in [-0.25, -0.2) is 9.37 Å². The van der Waals surface area contributed by atoms with Gasteiger partial charge in [0.15, 0.2) is 16.6 Å². The molecule has 5 nitrogen and oxygen atoms in total. The number of hydrogen-bond donors (Lipinski definition) is 1. The molecule has 0 unspecified atom stereocenters. The van der Waals surface area contributed by atoms with E-state index < -0.39 is 5.41 Å². The number of rotatable bonds is 3. The molecule has 1 aliphatic carbocycles. The third kappa shape index (κ3) is 2.50. The number of nitrogens with zero attached hydrogens (tertiary/aromatic N) is 1. The zero-order valence-corrected chi connectivity index (χ0v) is 14.6. The molecule has 0 spiro atoms. The minimum Gasteiger partial charge on any atom is -0.486 e. The highest BCUT2D eigenvalue weighted by Gasteiger charge is 2.51. The summed E-state index contributed by atoms with van der Waals surface area (Å²) < 4.78 is 25.3. The minimum absolute atomic E-state index is 0.0968. The minimum atomic E-state index is -0.572. The predicted octanol–water partition coefficient (Wildman–Crippen LogP) is 3.88. The topological polar surface area (TPSA) is 60.5 Å². The maximum Gasteiger partial charge on any atom is 0.236 e. The average molecular weight is 370 g/mol. The zero-order valence-electron chi connectivity index (χ0n) is 13.8. The van der Waals surface area contributed by atoms with Crippen molar-refractivity contribution in [1.29, 1.82) is 0 Å². The van der Waals surface area contributed by atoms with E-state index in [4.69, 9.17) is 9.47 Å². The Bertz CT molecular complexity index is 969. The van der Waals surface area contributed by atoms with Crippen molar-refractivity contribution >= 4 is 32.6 Å². The van der Waals surface area contributed by atoms with E-state index in [9.17, 15) is 9.18 Å². The summed E-state index contributed by atoms with van der Waals surface area (Å²) in [7, 11) is 0. The lowest BCUT2D eigenvalue weighted by Gasteiger charge is -2.17. The van der Waals surface area contributed by atoms with Crippen molar-refractivity contribution < 1.29 is 18.7 Å². The molecule has 26 heavy (non-hydrogen) atoms. The summed E-state index contributed by atoms with van der Waals surface area (Å²) in [6.45, 7) is 1.05. The van der Waals surface area contributed by atoms with E-state index in [-0.39, 0.29) is 11.7 Å². The fraction of sp³-hybridized carbons (Fsp3) is 0.263. The van der Waals surface area contributed by atoms with Gasteiger partial charge in [0.05, 0.1) is 15.6 Å². The van der Waals surface area contributed by atoms with Gasteiger partial charge in [0.2, 0.25) is 5.91 Å². The number of amides is 1. The molecule has 1 aliphatic heterocycles. The number of halogens is 1. The molecule has 0 bridgehead atoms. The van der Waals surface area contributed by atoms with Gasteiger partial charge in [-0.15, -0.1) is 0 Å². The molecular weight excluding hydrogens is 355 g/mol. The number of benzene rings is 2. The number of aromatic nitrogens is 1.